The Morgan fingerprint density at radius 3 is 2.83 bits per heavy atom. The van der Waals surface area contributed by atoms with Crippen LogP contribution in [0.3, 0.4) is 0 Å². The molecule has 0 aliphatic heterocycles. The van der Waals surface area contributed by atoms with E-state index >= 15 is 0 Å². The van der Waals surface area contributed by atoms with Gasteiger partial charge in [0.1, 0.15) is 0 Å². The van der Waals surface area contributed by atoms with Crippen LogP contribution in [0.2, 0.25) is 0 Å². The van der Waals surface area contributed by atoms with Crippen molar-refractivity contribution < 1.29 is 0 Å². The number of allylic oxidation sites excluding steroid dienone is 1. The van der Waals surface area contributed by atoms with Crippen LogP contribution in [0.1, 0.15) is 38.4 Å². The minimum absolute atomic E-state index is 1.12. The number of H-pyrrole nitrogens is 1. The first-order valence-electron chi connectivity index (χ1n) is 4.55. The molecule has 0 saturated carbocycles. The molecule has 0 unspecified atom stereocenters. The third kappa shape index (κ3) is 1.76. The van der Waals surface area contributed by atoms with E-state index in [0.29, 0.717) is 0 Å². The third-order valence-electron chi connectivity index (χ3n) is 1.92. The van der Waals surface area contributed by atoms with Gasteiger partial charge in [-0.25, -0.2) is 0 Å². The standard InChI is InChI=1S/C8H10N2.C2H6/c1-6-2-3-8-7(4-6)5-9-10-8;1-2/h4-5H,2-3H2,1H3,(H,9,10);1-2H3. The second-order valence-corrected chi connectivity index (χ2v) is 2.79. The molecule has 0 aromatic carbocycles. The van der Waals surface area contributed by atoms with Crippen LogP contribution in [-0.4, -0.2) is 10.2 Å². The molecule has 1 aromatic rings. The second-order valence-electron chi connectivity index (χ2n) is 2.79. The molecule has 1 aliphatic rings. The zero-order chi connectivity index (χ0) is 8.97. The fourth-order valence-corrected chi connectivity index (χ4v) is 1.31. The molecule has 0 saturated heterocycles. The summed E-state index contributed by atoms with van der Waals surface area (Å²) in [7, 11) is 0. The third-order valence-corrected chi connectivity index (χ3v) is 1.92. The molecular formula is C10H16N2. The quantitative estimate of drug-likeness (QED) is 0.627. The fourth-order valence-electron chi connectivity index (χ4n) is 1.31. The van der Waals surface area contributed by atoms with Gasteiger partial charge >= 0.3 is 0 Å². The Labute approximate surface area is 73.7 Å². The topological polar surface area (TPSA) is 28.7 Å². The van der Waals surface area contributed by atoms with Crippen LogP contribution in [-0.2, 0) is 6.42 Å². The maximum absolute atomic E-state index is 3.97. The lowest BCUT2D eigenvalue weighted by Gasteiger charge is -2.06. The maximum atomic E-state index is 3.97. The van der Waals surface area contributed by atoms with E-state index in [4.69, 9.17) is 0 Å². The average molecular weight is 164 g/mol. The smallest absolute Gasteiger partial charge is 0.0562 e. The molecule has 0 amide bonds. The van der Waals surface area contributed by atoms with Gasteiger partial charge in [0.15, 0.2) is 0 Å². The fraction of sp³-hybridized carbons (Fsp3) is 0.500. The van der Waals surface area contributed by atoms with Crippen LogP contribution >= 0.6 is 0 Å². The number of nitrogens with zero attached hydrogens (tertiary/aromatic N) is 1. The first kappa shape index (κ1) is 9.04. The molecule has 0 spiro atoms. The van der Waals surface area contributed by atoms with Crippen molar-refractivity contribution >= 4 is 6.08 Å². The predicted octanol–water partition coefficient (Wildman–Crippen LogP) is 2.79. The van der Waals surface area contributed by atoms with Gasteiger partial charge in [0.05, 0.1) is 6.20 Å². The van der Waals surface area contributed by atoms with Crippen molar-refractivity contribution in [1.29, 1.82) is 0 Å². The molecule has 0 atom stereocenters. The number of aromatic nitrogens is 2. The van der Waals surface area contributed by atoms with Gasteiger partial charge < -0.3 is 0 Å². The molecule has 1 aliphatic carbocycles. The second kappa shape index (κ2) is 4.10. The van der Waals surface area contributed by atoms with Crippen LogP contribution in [0.5, 0.6) is 0 Å². The summed E-state index contributed by atoms with van der Waals surface area (Å²) in [5.74, 6) is 0. The number of aryl methyl sites for hydroxylation is 1. The maximum Gasteiger partial charge on any atom is 0.0562 e. The molecule has 1 aromatic heterocycles. The molecule has 2 nitrogen and oxygen atoms in total. The number of nitrogens with one attached hydrogen (secondary N) is 1. The Kier molecular flexibility index (Phi) is 3.09. The van der Waals surface area contributed by atoms with E-state index in [1.807, 2.05) is 20.0 Å². The lowest BCUT2D eigenvalue weighted by Crippen LogP contribution is -1.94. The summed E-state index contributed by atoms with van der Waals surface area (Å²) in [6.07, 6.45) is 6.38. The van der Waals surface area contributed by atoms with Crippen molar-refractivity contribution in [3.8, 4) is 0 Å². The molecule has 66 valence electrons. The van der Waals surface area contributed by atoms with Gasteiger partial charge in [-0.05, 0) is 19.8 Å². The number of hydrogen-bond donors (Lipinski definition) is 1. The summed E-state index contributed by atoms with van der Waals surface area (Å²) in [6, 6.07) is 0. The minimum Gasteiger partial charge on any atom is -0.282 e. The van der Waals surface area contributed by atoms with Crippen molar-refractivity contribution in [2.45, 2.75) is 33.6 Å². The van der Waals surface area contributed by atoms with Crippen LogP contribution in [0.15, 0.2) is 11.8 Å². The van der Waals surface area contributed by atoms with Crippen LogP contribution in [0.4, 0.5) is 0 Å². The first-order chi connectivity index (χ1) is 5.86. The summed E-state index contributed by atoms with van der Waals surface area (Å²) in [5, 5.41) is 6.95. The van der Waals surface area contributed by atoms with Crippen molar-refractivity contribution in [1.82, 2.24) is 10.2 Å². The molecular weight excluding hydrogens is 148 g/mol. The van der Waals surface area contributed by atoms with E-state index in [2.05, 4.69) is 23.2 Å². The predicted molar refractivity (Wildman–Crippen MR) is 51.9 cm³/mol. The highest BCUT2D eigenvalue weighted by atomic mass is 15.1. The first-order valence-corrected chi connectivity index (χ1v) is 4.55. The summed E-state index contributed by atoms with van der Waals surface area (Å²) >= 11 is 0. The normalized spacial score (nSPS) is 14.1. The molecule has 2 heteroatoms. The number of fused-ring (bicyclic) bond motifs is 1. The number of hydrogen-bond acceptors (Lipinski definition) is 1. The van der Waals surface area contributed by atoms with E-state index in [1.54, 1.807) is 0 Å². The molecule has 2 rings (SSSR count). The average Bonchev–Trinajstić information content (AvgIpc) is 2.54. The minimum atomic E-state index is 1.12. The monoisotopic (exact) mass is 164 g/mol. The molecule has 0 radical (unpaired) electrons. The number of aromatic amines is 1. The van der Waals surface area contributed by atoms with Crippen molar-refractivity contribution in [3.05, 3.63) is 23.0 Å². The van der Waals surface area contributed by atoms with Gasteiger partial charge in [0.25, 0.3) is 0 Å². The van der Waals surface area contributed by atoms with Gasteiger partial charge in [-0.1, -0.05) is 25.5 Å². The summed E-state index contributed by atoms with van der Waals surface area (Å²) in [6.45, 7) is 6.16. The van der Waals surface area contributed by atoms with Gasteiger partial charge in [0.2, 0.25) is 0 Å². The summed E-state index contributed by atoms with van der Waals surface area (Å²) in [5.41, 5.74) is 4.00. The van der Waals surface area contributed by atoms with E-state index in [-0.39, 0.29) is 0 Å². The SMILES string of the molecule is CC.CC1=Cc2cn[nH]c2CC1. The van der Waals surface area contributed by atoms with Crippen molar-refractivity contribution in [2.75, 3.05) is 0 Å². The van der Waals surface area contributed by atoms with E-state index in [0.717, 1.165) is 6.42 Å². The highest BCUT2D eigenvalue weighted by Crippen LogP contribution is 2.20. The van der Waals surface area contributed by atoms with Crippen molar-refractivity contribution in [2.24, 2.45) is 0 Å². The Morgan fingerprint density at radius 1 is 1.33 bits per heavy atom. The Bertz CT molecular complexity index is 271. The Morgan fingerprint density at radius 2 is 2.08 bits per heavy atom. The highest BCUT2D eigenvalue weighted by molar-refractivity contribution is 5.56. The molecule has 0 fully saturated rings. The largest absolute Gasteiger partial charge is 0.282 e. The lowest BCUT2D eigenvalue weighted by molar-refractivity contribution is 0.873. The molecule has 1 N–H and O–H groups in total. The molecule has 0 bridgehead atoms. The van der Waals surface area contributed by atoms with Gasteiger partial charge in [-0.15, -0.1) is 0 Å². The number of rotatable bonds is 0. The highest BCUT2D eigenvalue weighted by Gasteiger charge is 2.07. The summed E-state index contributed by atoms with van der Waals surface area (Å²) in [4.78, 5) is 0. The van der Waals surface area contributed by atoms with Gasteiger partial charge in [0, 0.05) is 11.3 Å². The van der Waals surface area contributed by atoms with E-state index in [1.165, 1.54) is 23.3 Å². The van der Waals surface area contributed by atoms with Crippen LogP contribution in [0.25, 0.3) is 6.08 Å². The lowest BCUT2D eigenvalue weighted by atomic mass is 10.00. The molecule has 1 heterocycles. The summed E-state index contributed by atoms with van der Waals surface area (Å²) < 4.78 is 0. The van der Waals surface area contributed by atoms with Crippen LogP contribution in [0, 0.1) is 0 Å². The van der Waals surface area contributed by atoms with E-state index < -0.39 is 0 Å². The Balaban J connectivity index is 0.000000336. The van der Waals surface area contributed by atoms with Gasteiger partial charge in [-0.2, -0.15) is 5.10 Å². The van der Waals surface area contributed by atoms with Crippen molar-refractivity contribution in [3.63, 3.8) is 0 Å². The van der Waals surface area contributed by atoms with Gasteiger partial charge in [-0.3, -0.25) is 5.10 Å². The molecule has 12 heavy (non-hydrogen) atoms. The zero-order valence-electron chi connectivity index (χ0n) is 8.02. The van der Waals surface area contributed by atoms with Crippen LogP contribution < -0.4 is 0 Å². The Hall–Kier alpha value is -1.05. The zero-order valence-corrected chi connectivity index (χ0v) is 8.02. The van der Waals surface area contributed by atoms with E-state index in [9.17, 15) is 0 Å².